The Balaban J connectivity index is 0.639. The van der Waals surface area contributed by atoms with Crippen LogP contribution in [0, 0.1) is 0 Å². The van der Waals surface area contributed by atoms with Crippen LogP contribution in [0.3, 0.4) is 0 Å². The number of fused-ring (bicyclic) bond motifs is 16. The number of nitrogens with zero attached hydrogens (tertiary/aromatic N) is 2. The van der Waals surface area contributed by atoms with Crippen LogP contribution in [0.15, 0.2) is 243 Å². The second-order valence-corrected chi connectivity index (χ2v) is 23.9. The van der Waals surface area contributed by atoms with Gasteiger partial charge >= 0.3 is 0 Å². The van der Waals surface area contributed by atoms with Crippen molar-refractivity contribution in [3.63, 3.8) is 0 Å². The van der Waals surface area contributed by atoms with Crippen LogP contribution in [0.4, 0.5) is 0 Å². The highest BCUT2D eigenvalue weighted by Gasteiger charge is 2.50. The van der Waals surface area contributed by atoms with Crippen molar-refractivity contribution in [2.75, 3.05) is 0 Å². The topological polar surface area (TPSA) is 9.86 Å². The summed E-state index contributed by atoms with van der Waals surface area (Å²) < 4.78 is 4.77. The molecule has 13 aromatic rings. The summed E-state index contributed by atoms with van der Waals surface area (Å²) in [6.07, 6.45) is 19.3. The Morgan fingerprint density at radius 3 is 1.02 bits per heavy atom. The van der Waals surface area contributed by atoms with Gasteiger partial charge in [-0.3, -0.25) is 0 Å². The highest BCUT2D eigenvalue weighted by molar-refractivity contribution is 6.12. The van der Waals surface area contributed by atoms with Gasteiger partial charge in [0.25, 0.3) is 0 Å². The van der Waals surface area contributed by atoms with Crippen LogP contribution < -0.4 is 0 Å². The molecule has 2 spiro atoms. The number of hydrogen-bond donors (Lipinski definition) is 0. The van der Waals surface area contributed by atoms with E-state index in [0.29, 0.717) is 0 Å². The first kappa shape index (κ1) is 47.3. The predicted octanol–water partition coefficient (Wildman–Crippen LogP) is 21.2. The minimum absolute atomic E-state index is 0.0685. The van der Waals surface area contributed by atoms with E-state index >= 15 is 0 Å². The van der Waals surface area contributed by atoms with Crippen molar-refractivity contribution in [2.24, 2.45) is 0 Å². The van der Waals surface area contributed by atoms with Gasteiger partial charge in [-0.2, -0.15) is 0 Å². The van der Waals surface area contributed by atoms with Gasteiger partial charge in [0.1, 0.15) is 0 Å². The van der Waals surface area contributed by atoms with Crippen LogP contribution >= 0.6 is 0 Å². The van der Waals surface area contributed by atoms with Crippen LogP contribution in [0.1, 0.15) is 95.9 Å². The van der Waals surface area contributed by atoms with E-state index in [0.717, 1.165) is 0 Å². The van der Waals surface area contributed by atoms with Gasteiger partial charge in [-0.15, -0.1) is 0 Å². The molecule has 4 aliphatic rings. The molecule has 82 heavy (non-hydrogen) atoms. The van der Waals surface area contributed by atoms with E-state index in [1.54, 1.807) is 22.3 Å². The minimum atomic E-state index is 0.0685. The molecule has 2 nitrogen and oxygen atoms in total. The minimum Gasteiger partial charge on any atom is -0.309 e. The number of hydrogen-bond acceptors (Lipinski definition) is 0. The second-order valence-electron chi connectivity index (χ2n) is 23.9. The maximum absolute atomic E-state index is 2.69. The van der Waals surface area contributed by atoms with Gasteiger partial charge in [0.05, 0.1) is 22.1 Å². The third-order valence-corrected chi connectivity index (χ3v) is 19.6. The molecule has 390 valence electrons. The van der Waals surface area contributed by atoms with Crippen LogP contribution in [0.25, 0.3) is 124 Å². The fourth-order valence-corrected chi connectivity index (χ4v) is 15.7. The maximum Gasteiger partial charge on any atom is 0.0541 e. The summed E-state index contributed by atoms with van der Waals surface area (Å²) in [5.41, 5.74) is 29.5. The maximum atomic E-state index is 2.69. The van der Waals surface area contributed by atoms with Crippen molar-refractivity contribution in [2.45, 2.75) is 62.2 Å². The van der Waals surface area contributed by atoms with Gasteiger partial charge in [-0.05, 0) is 187 Å². The Morgan fingerprint density at radius 1 is 0.256 bits per heavy atom. The smallest absolute Gasteiger partial charge is 0.0541 e. The lowest BCUT2D eigenvalue weighted by Crippen LogP contribution is -2.22. The van der Waals surface area contributed by atoms with Crippen LogP contribution in [0.2, 0.25) is 0 Å². The molecule has 4 aliphatic carbocycles. The average Bonchev–Trinajstić information content (AvgIpc) is 4.54. The molecule has 0 unspecified atom stereocenters. The molecule has 2 saturated carbocycles. The standard InChI is InChI=1S/C80H60N2/c1-3-15-61(16-4-1)81-75-21-9-7-19-65(75)69-49-59(37-41-77(69)81)57-33-27-53(28-34-57)23-25-55-31-39-63-67-51-74-68(52-73(67)79(71(63)47-55)43-11-12-44-79)64-40-32-56(48-72(64)80(74)45-13-14-46-80)26-24-54-29-35-58(36-30-54)60-38-42-78-70(50-60)66-20-8-10-22-76(66)82(78)62-17-5-2-6-18-62/h1-10,15-42,47-52H,11-14,43-46H2. The van der Waals surface area contributed by atoms with E-state index in [9.17, 15) is 0 Å². The molecule has 0 atom stereocenters. The van der Waals surface area contributed by atoms with Gasteiger partial charge in [0, 0.05) is 43.7 Å². The molecule has 0 aliphatic heterocycles. The summed E-state index contributed by atoms with van der Waals surface area (Å²) in [6.45, 7) is 0. The van der Waals surface area contributed by atoms with Gasteiger partial charge in [-0.1, -0.05) is 220 Å². The van der Waals surface area contributed by atoms with Crippen LogP contribution in [-0.4, -0.2) is 9.13 Å². The lowest BCUT2D eigenvalue weighted by Gasteiger charge is -2.29. The third-order valence-electron chi connectivity index (χ3n) is 19.6. The fourth-order valence-electron chi connectivity index (χ4n) is 15.7. The number of rotatable bonds is 8. The van der Waals surface area contributed by atoms with Crippen molar-refractivity contribution in [1.82, 2.24) is 9.13 Å². The molecule has 11 aromatic carbocycles. The molecule has 0 saturated heterocycles. The molecular formula is C80H60N2. The van der Waals surface area contributed by atoms with Crippen molar-refractivity contribution in [1.29, 1.82) is 0 Å². The summed E-state index contributed by atoms with van der Waals surface area (Å²) in [4.78, 5) is 0. The van der Waals surface area contributed by atoms with E-state index in [2.05, 4.69) is 276 Å². The lowest BCUT2D eigenvalue weighted by molar-refractivity contribution is 0.543. The van der Waals surface area contributed by atoms with Crippen molar-refractivity contribution in [3.05, 3.63) is 287 Å². The molecule has 2 heterocycles. The largest absolute Gasteiger partial charge is 0.309 e. The molecule has 0 bridgehead atoms. The van der Waals surface area contributed by atoms with E-state index in [1.807, 2.05) is 0 Å². The first-order valence-corrected chi connectivity index (χ1v) is 29.8. The van der Waals surface area contributed by atoms with Gasteiger partial charge in [0.15, 0.2) is 0 Å². The van der Waals surface area contributed by atoms with Crippen LogP contribution in [0.5, 0.6) is 0 Å². The average molecular weight is 1050 g/mol. The number of aromatic nitrogens is 2. The highest BCUT2D eigenvalue weighted by Crippen LogP contribution is 2.63. The lowest BCUT2D eigenvalue weighted by atomic mass is 9.74. The van der Waals surface area contributed by atoms with Crippen molar-refractivity contribution < 1.29 is 0 Å². The Hall–Kier alpha value is -9.50. The quantitative estimate of drug-likeness (QED) is 0.134. The summed E-state index contributed by atoms with van der Waals surface area (Å²) in [5, 5.41) is 5.11. The van der Waals surface area contributed by atoms with Gasteiger partial charge in [-0.25, -0.2) is 0 Å². The van der Waals surface area contributed by atoms with E-state index in [4.69, 9.17) is 0 Å². The van der Waals surface area contributed by atoms with E-state index in [-0.39, 0.29) is 10.8 Å². The zero-order valence-electron chi connectivity index (χ0n) is 46.0. The second kappa shape index (κ2) is 18.5. The summed E-state index contributed by atoms with van der Waals surface area (Å²) >= 11 is 0. The number of para-hydroxylation sites is 4. The summed E-state index contributed by atoms with van der Waals surface area (Å²) in [6, 6.07) is 91.2. The van der Waals surface area contributed by atoms with E-state index in [1.165, 1.54) is 173 Å². The highest BCUT2D eigenvalue weighted by atomic mass is 15.0. The first-order chi connectivity index (χ1) is 40.6. The molecule has 2 fully saturated rings. The molecule has 2 heteroatoms. The Bertz CT molecular complexity index is 4460. The molecule has 0 radical (unpaired) electrons. The van der Waals surface area contributed by atoms with Crippen molar-refractivity contribution in [3.8, 4) is 55.9 Å². The molecular weight excluding hydrogens is 989 g/mol. The predicted molar refractivity (Wildman–Crippen MR) is 346 cm³/mol. The Labute approximate surface area is 479 Å². The fraction of sp³-hybridized carbons (Fsp3) is 0.125. The SMILES string of the molecule is C(=Cc1ccc2c(c1)C1(CCCC1)c1cc3c(cc1-2)C1(CCCC1)c1cc(C=Cc2ccc(-c4ccc5c(c4)c4ccccc4n5-c4ccccc4)cc2)ccc1-3)c1ccc(-c2ccc3c(c2)c2ccccc2n3-c2ccccc2)cc1. The van der Waals surface area contributed by atoms with Gasteiger partial charge < -0.3 is 9.13 Å². The molecule has 17 rings (SSSR count). The monoisotopic (exact) mass is 1050 g/mol. The van der Waals surface area contributed by atoms with Crippen LogP contribution in [-0.2, 0) is 10.8 Å². The molecule has 0 amide bonds. The first-order valence-electron chi connectivity index (χ1n) is 29.8. The van der Waals surface area contributed by atoms with Crippen molar-refractivity contribution >= 4 is 67.9 Å². The summed E-state index contributed by atoms with van der Waals surface area (Å²) in [5.74, 6) is 0. The van der Waals surface area contributed by atoms with Gasteiger partial charge in [0.2, 0.25) is 0 Å². The molecule has 0 N–H and O–H groups in total. The zero-order valence-corrected chi connectivity index (χ0v) is 46.0. The normalized spacial score (nSPS) is 15.5. The number of benzene rings is 11. The Morgan fingerprint density at radius 2 is 0.598 bits per heavy atom. The molecule has 2 aromatic heterocycles. The third kappa shape index (κ3) is 7.27. The zero-order chi connectivity index (χ0) is 53.9. The van der Waals surface area contributed by atoms with E-state index < -0.39 is 0 Å². The Kier molecular flexibility index (Phi) is 10.7. The summed E-state index contributed by atoms with van der Waals surface area (Å²) in [7, 11) is 0.